The fraction of sp³-hybridized carbons (Fsp3) is 0.143. The Morgan fingerprint density at radius 2 is 1.46 bits per heavy atom. The molecule has 0 aliphatic carbocycles. The van der Waals surface area contributed by atoms with Crippen LogP contribution in [-0.4, -0.2) is 16.5 Å². The van der Waals surface area contributed by atoms with E-state index in [0.29, 0.717) is 12.4 Å². The van der Waals surface area contributed by atoms with Gasteiger partial charge in [0.15, 0.2) is 0 Å². The van der Waals surface area contributed by atoms with Crippen molar-refractivity contribution >= 4 is 46.0 Å². The molecule has 0 saturated heterocycles. The van der Waals surface area contributed by atoms with Gasteiger partial charge in [-0.2, -0.15) is 0 Å². The van der Waals surface area contributed by atoms with Gasteiger partial charge in [-0.15, -0.1) is 0 Å². The molecule has 0 bridgehead atoms. The largest absolute Gasteiger partial charge is 0.492 e. The molecule has 140 valence electrons. The van der Waals surface area contributed by atoms with Gasteiger partial charge in [-0.05, 0) is 6.92 Å². The molecule has 0 radical (unpaired) electrons. The summed E-state index contributed by atoms with van der Waals surface area (Å²) in [5.41, 5.74) is 9.80. The topological polar surface area (TPSA) is 148 Å². The minimum absolute atomic E-state index is 0.0443. The normalized spacial score (nSPS) is 9.85. The maximum absolute atomic E-state index is 12.6. The Bertz CT molecular complexity index is 851. The summed E-state index contributed by atoms with van der Waals surface area (Å²) in [6, 6.07) is 4.23. The summed E-state index contributed by atoms with van der Waals surface area (Å²) in [5.74, 6) is -0.406. The van der Waals surface area contributed by atoms with Crippen LogP contribution in [0.3, 0.4) is 0 Å². The van der Waals surface area contributed by atoms with E-state index in [4.69, 9.17) is 39.4 Å². The van der Waals surface area contributed by atoms with E-state index in [2.05, 4.69) is 0 Å². The van der Waals surface area contributed by atoms with Crippen molar-refractivity contribution in [3.05, 3.63) is 60.4 Å². The monoisotopic (exact) mass is 406 g/mol. The Balaban J connectivity index is 0.000000263. The van der Waals surface area contributed by atoms with Crippen molar-refractivity contribution in [1.29, 1.82) is 0 Å². The Hall–Kier alpha value is -2.85. The number of nitrogens with zero attached hydrogens (tertiary/aromatic N) is 2. The first-order valence-electron chi connectivity index (χ1n) is 6.83. The van der Waals surface area contributed by atoms with Gasteiger partial charge in [0, 0.05) is 24.3 Å². The van der Waals surface area contributed by atoms with E-state index in [1.165, 1.54) is 12.1 Å². The van der Waals surface area contributed by atoms with Crippen molar-refractivity contribution in [2.75, 3.05) is 18.1 Å². The van der Waals surface area contributed by atoms with E-state index < -0.39 is 15.7 Å². The smallest absolute Gasteiger partial charge is 0.293 e. The van der Waals surface area contributed by atoms with Gasteiger partial charge >= 0.3 is 0 Å². The van der Waals surface area contributed by atoms with Crippen LogP contribution < -0.4 is 16.2 Å². The molecule has 2 aromatic carbocycles. The van der Waals surface area contributed by atoms with E-state index in [9.17, 15) is 24.6 Å². The maximum Gasteiger partial charge on any atom is 0.293 e. The van der Waals surface area contributed by atoms with Gasteiger partial charge in [0.1, 0.15) is 22.9 Å². The number of nitro benzene ring substituents is 2. The van der Waals surface area contributed by atoms with E-state index in [0.717, 1.165) is 12.1 Å². The molecule has 0 saturated carbocycles. The second-order valence-electron chi connectivity index (χ2n) is 4.61. The summed E-state index contributed by atoms with van der Waals surface area (Å²) in [7, 11) is 0. The molecule has 26 heavy (non-hydrogen) atoms. The molecule has 0 aliphatic rings. The van der Waals surface area contributed by atoms with Crippen molar-refractivity contribution in [2.24, 2.45) is 0 Å². The number of nitrogen functional groups attached to an aromatic ring is 2. The van der Waals surface area contributed by atoms with Gasteiger partial charge in [-0.3, -0.25) is 20.2 Å². The Kier molecular flexibility index (Phi) is 7.35. The molecule has 2 aromatic rings. The van der Waals surface area contributed by atoms with Crippen molar-refractivity contribution in [3.63, 3.8) is 0 Å². The minimum Gasteiger partial charge on any atom is -0.492 e. The molecule has 9 nitrogen and oxygen atoms in total. The van der Waals surface area contributed by atoms with E-state index in [1.807, 2.05) is 0 Å². The Labute approximate surface area is 156 Å². The average molecular weight is 407 g/mol. The van der Waals surface area contributed by atoms with Gasteiger partial charge < -0.3 is 16.2 Å². The summed E-state index contributed by atoms with van der Waals surface area (Å²) in [6.45, 7) is 2.21. The molecule has 0 spiro atoms. The molecular weight excluding hydrogens is 394 g/mol. The molecular formula is C14H13Cl2FN4O5. The number of benzene rings is 2. The van der Waals surface area contributed by atoms with Gasteiger partial charge in [-0.25, -0.2) is 4.39 Å². The zero-order chi connectivity index (χ0) is 20.0. The lowest BCUT2D eigenvalue weighted by atomic mass is 10.2. The van der Waals surface area contributed by atoms with Gasteiger partial charge in [0.2, 0.25) is 0 Å². The lowest BCUT2D eigenvalue weighted by Crippen LogP contribution is -1.98. The van der Waals surface area contributed by atoms with Crippen LogP contribution in [-0.2, 0) is 0 Å². The average Bonchev–Trinajstić information content (AvgIpc) is 2.54. The second-order valence-corrected chi connectivity index (χ2v) is 5.43. The standard InChI is InChI=1S/C8H9ClN2O3.C6H4ClFN2O2/c1-2-14-8-4-6(10)7(11(12)13)3-5(8)9;7-3-1-6(10(11)12)5(9)2-4(3)8/h3-4H,2,10H2,1H3;1-2H,9H2. The third kappa shape index (κ3) is 5.33. The number of hydrogen-bond acceptors (Lipinski definition) is 7. The van der Waals surface area contributed by atoms with Crippen LogP contribution >= 0.6 is 23.2 Å². The molecule has 0 amide bonds. The first-order chi connectivity index (χ1) is 12.1. The highest BCUT2D eigenvalue weighted by molar-refractivity contribution is 6.32. The van der Waals surface area contributed by atoms with Crippen molar-refractivity contribution in [2.45, 2.75) is 6.92 Å². The van der Waals surface area contributed by atoms with E-state index in [-0.39, 0.29) is 32.8 Å². The maximum atomic E-state index is 12.6. The predicted molar refractivity (Wildman–Crippen MR) is 96.2 cm³/mol. The number of nitrogens with two attached hydrogens (primary N) is 2. The van der Waals surface area contributed by atoms with Crippen molar-refractivity contribution < 1.29 is 19.0 Å². The van der Waals surface area contributed by atoms with Gasteiger partial charge in [0.25, 0.3) is 11.4 Å². The third-order valence-electron chi connectivity index (χ3n) is 2.84. The van der Waals surface area contributed by atoms with Crippen LogP contribution in [0.5, 0.6) is 5.75 Å². The van der Waals surface area contributed by atoms with Crippen LogP contribution in [0.4, 0.5) is 27.1 Å². The number of nitro groups is 2. The summed E-state index contributed by atoms with van der Waals surface area (Å²) < 4.78 is 17.7. The van der Waals surface area contributed by atoms with Crippen LogP contribution in [0, 0.1) is 26.0 Å². The molecule has 0 atom stereocenters. The molecule has 2 rings (SSSR count). The van der Waals surface area contributed by atoms with Crippen LogP contribution in [0.25, 0.3) is 0 Å². The van der Waals surface area contributed by atoms with Crippen LogP contribution in [0.1, 0.15) is 6.92 Å². The SMILES string of the molecule is CCOc1cc(N)c([N+](=O)[O-])cc1Cl.Nc1cc(F)c(Cl)cc1[N+](=O)[O-]. The molecule has 0 fully saturated rings. The third-order valence-corrected chi connectivity index (χ3v) is 3.43. The Morgan fingerprint density at radius 1 is 1.00 bits per heavy atom. The van der Waals surface area contributed by atoms with Gasteiger partial charge in [-0.1, -0.05) is 23.2 Å². The fourth-order valence-corrected chi connectivity index (χ4v) is 2.06. The summed E-state index contributed by atoms with van der Waals surface area (Å²) in [5, 5.41) is 20.6. The van der Waals surface area contributed by atoms with Crippen molar-refractivity contribution in [1.82, 2.24) is 0 Å². The zero-order valence-electron chi connectivity index (χ0n) is 13.2. The summed E-state index contributed by atoms with van der Waals surface area (Å²) in [4.78, 5) is 19.4. The number of hydrogen-bond donors (Lipinski definition) is 2. The Morgan fingerprint density at radius 3 is 1.92 bits per heavy atom. The first kappa shape index (κ1) is 21.2. The molecule has 4 N–H and O–H groups in total. The highest BCUT2D eigenvalue weighted by Gasteiger charge is 2.16. The lowest BCUT2D eigenvalue weighted by Gasteiger charge is -2.06. The van der Waals surface area contributed by atoms with Crippen LogP contribution in [0.15, 0.2) is 24.3 Å². The molecule has 0 unspecified atom stereocenters. The summed E-state index contributed by atoms with van der Waals surface area (Å²) in [6.07, 6.45) is 0. The predicted octanol–water partition coefficient (Wildman–Crippen LogP) is 4.20. The van der Waals surface area contributed by atoms with Gasteiger partial charge in [0.05, 0.1) is 26.5 Å². The molecule has 0 aromatic heterocycles. The number of ether oxygens (including phenoxy) is 1. The molecule has 12 heteroatoms. The number of halogens is 3. The molecule has 0 heterocycles. The fourth-order valence-electron chi connectivity index (χ4n) is 1.69. The summed E-state index contributed by atoms with van der Waals surface area (Å²) >= 11 is 11.0. The van der Waals surface area contributed by atoms with E-state index >= 15 is 0 Å². The lowest BCUT2D eigenvalue weighted by molar-refractivity contribution is -0.384. The van der Waals surface area contributed by atoms with Crippen molar-refractivity contribution in [3.8, 4) is 5.75 Å². The minimum atomic E-state index is -0.764. The zero-order valence-corrected chi connectivity index (χ0v) is 14.8. The first-order valence-corrected chi connectivity index (χ1v) is 7.59. The number of rotatable bonds is 4. The van der Waals surface area contributed by atoms with Crippen LogP contribution in [0.2, 0.25) is 10.0 Å². The van der Waals surface area contributed by atoms with E-state index in [1.54, 1.807) is 6.92 Å². The second kappa shape index (κ2) is 9.02. The molecule has 0 aliphatic heterocycles. The number of anilines is 2. The quantitative estimate of drug-likeness (QED) is 0.438. The highest BCUT2D eigenvalue weighted by atomic mass is 35.5. The highest BCUT2D eigenvalue weighted by Crippen LogP contribution is 2.34.